The summed E-state index contributed by atoms with van der Waals surface area (Å²) in [6, 6.07) is 1.96. The van der Waals surface area contributed by atoms with Crippen molar-refractivity contribution in [3.05, 3.63) is 75.9 Å². The largest absolute Gasteiger partial charge is 0.506 e. The Hall–Kier alpha value is -3.33. The number of rotatable bonds is 5. The summed E-state index contributed by atoms with van der Waals surface area (Å²) in [5.74, 6) is -9.83. The van der Waals surface area contributed by atoms with Crippen LogP contribution >= 0.6 is 11.6 Å². The lowest BCUT2D eigenvalue weighted by Crippen LogP contribution is -2.19. The van der Waals surface area contributed by atoms with Crippen molar-refractivity contribution in [2.45, 2.75) is 13.8 Å². The fourth-order valence-corrected chi connectivity index (χ4v) is 2.52. The minimum Gasteiger partial charge on any atom is -0.506 e. The Morgan fingerprint density at radius 1 is 0.967 bits per heavy atom. The fourth-order valence-electron chi connectivity index (χ4n) is 2.31. The second-order valence-corrected chi connectivity index (χ2v) is 6.34. The van der Waals surface area contributed by atoms with E-state index in [2.05, 4.69) is 5.32 Å². The van der Waals surface area contributed by atoms with E-state index in [9.17, 15) is 32.3 Å². The van der Waals surface area contributed by atoms with Gasteiger partial charge in [-0.2, -0.15) is 0 Å². The number of hydrogen-bond donors (Lipinski definition) is 3. The molecule has 0 saturated heterocycles. The van der Waals surface area contributed by atoms with Crippen LogP contribution in [0.4, 0.5) is 28.9 Å². The molecule has 5 nitrogen and oxygen atoms in total. The van der Waals surface area contributed by atoms with Crippen LogP contribution in [0.25, 0.3) is 0 Å². The minimum atomic E-state index is -1.87. The van der Waals surface area contributed by atoms with Gasteiger partial charge in [0.1, 0.15) is 11.3 Å². The van der Waals surface area contributed by atoms with Gasteiger partial charge in [-0.15, -0.1) is 0 Å². The average Bonchev–Trinajstić information content (AvgIpc) is 2.69. The van der Waals surface area contributed by atoms with Crippen molar-refractivity contribution in [2.24, 2.45) is 0 Å². The van der Waals surface area contributed by atoms with E-state index in [0.717, 1.165) is 19.1 Å². The maximum absolute atomic E-state index is 14.0. The Bertz CT molecular complexity index is 1060. The predicted octanol–water partition coefficient (Wildman–Crippen LogP) is 5.23. The Morgan fingerprint density at radius 3 is 2.13 bits per heavy atom. The molecule has 0 aliphatic carbocycles. The van der Waals surface area contributed by atoms with E-state index in [1.165, 1.54) is 12.2 Å². The molecule has 0 radical (unpaired) electrons. The molecule has 158 valence electrons. The fraction of sp³-hybridized carbons (Fsp3) is 0.100. The van der Waals surface area contributed by atoms with E-state index < -0.39 is 52.0 Å². The highest BCUT2D eigenvalue weighted by Crippen LogP contribution is 2.34. The standard InChI is InChI=1S/C20H15ClF4N2O3/c1-3-4-5-6-14(29)26-12-7-10(21)11(8-13(12)28)27-20(30)15-18(24)16(22)9(2)17(23)19(15)25/h3-8,28H,1-2H3,(H,26,29)(H,27,30)/b4-3+,6-5+. The van der Waals surface area contributed by atoms with Gasteiger partial charge in [0.25, 0.3) is 5.91 Å². The number of carbonyl (C=O) groups is 2. The molecule has 0 saturated carbocycles. The number of phenolic OH excluding ortho intramolecular Hbond substituents is 1. The highest BCUT2D eigenvalue weighted by Gasteiger charge is 2.28. The van der Waals surface area contributed by atoms with E-state index in [-0.39, 0.29) is 16.4 Å². The first-order valence-electron chi connectivity index (χ1n) is 8.35. The molecule has 0 aliphatic rings. The molecule has 0 heterocycles. The van der Waals surface area contributed by atoms with Crippen LogP contribution in [0.1, 0.15) is 22.8 Å². The molecule has 3 N–H and O–H groups in total. The Balaban J connectivity index is 2.32. The molecule has 0 spiro atoms. The molecule has 0 aliphatic heterocycles. The summed E-state index contributed by atoms with van der Waals surface area (Å²) in [4.78, 5) is 23.9. The SMILES string of the molecule is C/C=C/C=C/C(=O)Nc1cc(Cl)c(NC(=O)c2c(F)c(F)c(C)c(F)c2F)cc1O. The molecule has 2 rings (SSSR count). The predicted molar refractivity (Wildman–Crippen MR) is 105 cm³/mol. The zero-order valence-electron chi connectivity index (χ0n) is 15.6. The molecule has 0 unspecified atom stereocenters. The lowest BCUT2D eigenvalue weighted by Gasteiger charge is -2.13. The highest BCUT2D eigenvalue weighted by atomic mass is 35.5. The third-order valence-electron chi connectivity index (χ3n) is 3.85. The van der Waals surface area contributed by atoms with Crippen molar-refractivity contribution in [2.75, 3.05) is 10.6 Å². The molecule has 0 bridgehead atoms. The smallest absolute Gasteiger partial charge is 0.261 e. The van der Waals surface area contributed by atoms with Crippen LogP contribution in [0.2, 0.25) is 5.02 Å². The van der Waals surface area contributed by atoms with Crippen LogP contribution in [-0.2, 0) is 4.79 Å². The van der Waals surface area contributed by atoms with Crippen LogP contribution in [0.15, 0.2) is 36.4 Å². The first-order valence-corrected chi connectivity index (χ1v) is 8.73. The molecule has 0 atom stereocenters. The summed E-state index contributed by atoms with van der Waals surface area (Å²) in [6.07, 6.45) is 5.91. The summed E-state index contributed by atoms with van der Waals surface area (Å²) in [5, 5.41) is 14.1. The number of nitrogens with one attached hydrogen (secondary N) is 2. The zero-order valence-corrected chi connectivity index (χ0v) is 16.4. The second-order valence-electron chi connectivity index (χ2n) is 5.93. The van der Waals surface area contributed by atoms with Crippen molar-refractivity contribution >= 4 is 34.8 Å². The third kappa shape index (κ3) is 4.80. The lowest BCUT2D eigenvalue weighted by atomic mass is 10.1. The van der Waals surface area contributed by atoms with Gasteiger partial charge in [-0.3, -0.25) is 9.59 Å². The van der Waals surface area contributed by atoms with E-state index in [1.54, 1.807) is 19.1 Å². The van der Waals surface area contributed by atoms with E-state index in [4.69, 9.17) is 11.6 Å². The Labute approximate surface area is 173 Å². The van der Waals surface area contributed by atoms with Crippen LogP contribution < -0.4 is 10.6 Å². The van der Waals surface area contributed by atoms with Crippen LogP contribution in [0, 0.1) is 30.2 Å². The molecule has 2 aromatic carbocycles. The van der Waals surface area contributed by atoms with Gasteiger partial charge < -0.3 is 15.7 Å². The van der Waals surface area contributed by atoms with Gasteiger partial charge in [-0.05, 0) is 19.9 Å². The first kappa shape index (κ1) is 23.0. The van der Waals surface area contributed by atoms with Crippen LogP contribution in [0.3, 0.4) is 0 Å². The van der Waals surface area contributed by atoms with Gasteiger partial charge in [-0.25, -0.2) is 17.6 Å². The lowest BCUT2D eigenvalue weighted by molar-refractivity contribution is -0.111. The summed E-state index contributed by atoms with van der Waals surface area (Å²) in [5.41, 5.74) is -2.84. The Morgan fingerprint density at radius 2 is 1.57 bits per heavy atom. The maximum Gasteiger partial charge on any atom is 0.261 e. The average molecular weight is 443 g/mol. The number of phenols is 1. The maximum atomic E-state index is 14.0. The van der Waals surface area contributed by atoms with Crippen molar-refractivity contribution in [1.29, 1.82) is 0 Å². The molecule has 0 fully saturated rings. The molecule has 30 heavy (non-hydrogen) atoms. The first-order chi connectivity index (χ1) is 14.1. The monoisotopic (exact) mass is 442 g/mol. The molecule has 10 heteroatoms. The van der Waals surface area contributed by atoms with Gasteiger partial charge in [0.05, 0.1) is 16.4 Å². The number of carbonyl (C=O) groups excluding carboxylic acids is 2. The number of anilines is 2. The zero-order chi connectivity index (χ0) is 22.6. The third-order valence-corrected chi connectivity index (χ3v) is 4.17. The second kappa shape index (κ2) is 9.45. The number of hydrogen-bond acceptors (Lipinski definition) is 3. The molecule has 2 amide bonds. The van der Waals surface area contributed by atoms with Crippen molar-refractivity contribution in [1.82, 2.24) is 0 Å². The Kier molecular flexibility index (Phi) is 7.23. The van der Waals surface area contributed by atoms with Crippen molar-refractivity contribution in [3.8, 4) is 5.75 Å². The highest BCUT2D eigenvalue weighted by molar-refractivity contribution is 6.34. The quantitative estimate of drug-likeness (QED) is 0.195. The number of amides is 2. The van der Waals surface area contributed by atoms with E-state index in [0.29, 0.717) is 0 Å². The topological polar surface area (TPSA) is 78.4 Å². The number of aromatic hydroxyl groups is 1. The van der Waals surface area contributed by atoms with Gasteiger partial charge in [0.2, 0.25) is 5.91 Å². The normalized spacial score (nSPS) is 11.3. The summed E-state index contributed by atoms with van der Waals surface area (Å²) in [6.45, 7) is 2.56. The van der Waals surface area contributed by atoms with Gasteiger partial charge in [0.15, 0.2) is 23.3 Å². The number of benzene rings is 2. The van der Waals surface area contributed by atoms with Crippen molar-refractivity contribution in [3.63, 3.8) is 0 Å². The summed E-state index contributed by atoms with van der Waals surface area (Å²) < 4.78 is 55.3. The van der Waals surface area contributed by atoms with Gasteiger partial charge in [0, 0.05) is 17.7 Å². The number of halogens is 5. The van der Waals surface area contributed by atoms with Gasteiger partial charge >= 0.3 is 0 Å². The van der Waals surface area contributed by atoms with Crippen molar-refractivity contribution < 1.29 is 32.3 Å². The number of allylic oxidation sites excluding steroid dienone is 3. The van der Waals surface area contributed by atoms with Crippen LogP contribution in [-0.4, -0.2) is 16.9 Å². The minimum absolute atomic E-state index is 0.113. The molecular formula is C20H15ClF4N2O3. The summed E-state index contributed by atoms with van der Waals surface area (Å²) in [7, 11) is 0. The van der Waals surface area contributed by atoms with E-state index >= 15 is 0 Å². The van der Waals surface area contributed by atoms with Gasteiger partial charge in [-0.1, -0.05) is 29.8 Å². The van der Waals surface area contributed by atoms with Crippen LogP contribution in [0.5, 0.6) is 5.75 Å². The molecule has 2 aromatic rings. The van der Waals surface area contributed by atoms with E-state index in [1.807, 2.05) is 5.32 Å². The molecular weight excluding hydrogens is 428 g/mol. The molecule has 0 aromatic heterocycles. The summed E-state index contributed by atoms with van der Waals surface area (Å²) >= 11 is 5.97.